The van der Waals surface area contributed by atoms with Gasteiger partial charge in [-0.1, -0.05) is 24.3 Å². The number of thiocarbonyl (C=S) groups is 1. The summed E-state index contributed by atoms with van der Waals surface area (Å²) >= 11 is 4.83. The second-order valence-electron chi connectivity index (χ2n) is 3.87. The van der Waals surface area contributed by atoms with E-state index in [0.29, 0.717) is 0 Å². The molecule has 0 aromatic heterocycles. The first kappa shape index (κ1) is 13.1. The second kappa shape index (κ2) is 5.53. The molecule has 2 aromatic rings. The molecule has 0 aliphatic carbocycles. The molecular formula is C13H13N3O2S. The van der Waals surface area contributed by atoms with E-state index in [9.17, 15) is 9.90 Å². The molecular weight excluding hydrogens is 262 g/mol. The number of benzene rings is 2. The van der Waals surface area contributed by atoms with E-state index in [-0.39, 0.29) is 16.4 Å². The van der Waals surface area contributed by atoms with E-state index < -0.39 is 5.91 Å². The lowest BCUT2D eigenvalue weighted by molar-refractivity contribution is 0.0941. The molecule has 0 aliphatic rings. The molecule has 1 amide bonds. The van der Waals surface area contributed by atoms with Crippen LogP contribution in [0.3, 0.4) is 0 Å². The Hall–Kier alpha value is -2.34. The molecule has 4 N–H and O–H groups in total. The molecule has 6 heteroatoms. The summed E-state index contributed by atoms with van der Waals surface area (Å²) in [5.74, 6) is -0.533. The quantitative estimate of drug-likeness (QED) is 0.466. The highest BCUT2D eigenvalue weighted by Gasteiger charge is 2.12. The van der Waals surface area contributed by atoms with Crippen molar-refractivity contribution in [1.29, 1.82) is 0 Å². The molecule has 0 atom stereocenters. The molecule has 2 rings (SSSR count). The number of nitrogens with one attached hydrogen (secondary N) is 3. The van der Waals surface area contributed by atoms with Gasteiger partial charge in [-0.25, -0.2) is 0 Å². The van der Waals surface area contributed by atoms with Gasteiger partial charge in [0, 0.05) is 7.05 Å². The van der Waals surface area contributed by atoms with Crippen molar-refractivity contribution in [2.45, 2.75) is 0 Å². The molecule has 5 nitrogen and oxygen atoms in total. The first-order valence-electron chi connectivity index (χ1n) is 5.61. The highest BCUT2D eigenvalue weighted by Crippen LogP contribution is 2.24. The van der Waals surface area contributed by atoms with Crippen LogP contribution < -0.4 is 16.2 Å². The molecule has 0 saturated heterocycles. The van der Waals surface area contributed by atoms with Crippen LogP contribution in [0.1, 0.15) is 10.4 Å². The highest BCUT2D eigenvalue weighted by atomic mass is 32.1. The molecule has 0 heterocycles. The lowest BCUT2D eigenvalue weighted by atomic mass is 10.1. The molecule has 0 radical (unpaired) electrons. The van der Waals surface area contributed by atoms with E-state index >= 15 is 0 Å². The molecule has 2 aromatic carbocycles. The number of rotatable bonds is 1. The number of phenolic OH excluding ortho intramolecular Hbond substituents is 1. The van der Waals surface area contributed by atoms with Crippen LogP contribution in [0.15, 0.2) is 36.4 Å². The van der Waals surface area contributed by atoms with Gasteiger partial charge in [-0.3, -0.25) is 15.6 Å². The number of hydrogen-bond donors (Lipinski definition) is 4. The van der Waals surface area contributed by atoms with E-state index in [1.165, 1.54) is 0 Å². The molecule has 0 spiro atoms. The minimum absolute atomic E-state index is 0.0756. The Morgan fingerprint density at radius 2 is 1.79 bits per heavy atom. The van der Waals surface area contributed by atoms with Gasteiger partial charge in [0.25, 0.3) is 5.91 Å². The van der Waals surface area contributed by atoms with Crippen LogP contribution in [0, 0.1) is 0 Å². The number of carbonyl (C=O) groups is 1. The van der Waals surface area contributed by atoms with Gasteiger partial charge in [0.15, 0.2) is 5.11 Å². The van der Waals surface area contributed by atoms with E-state index in [1.54, 1.807) is 19.2 Å². The molecule has 0 saturated carbocycles. The predicted octanol–water partition coefficient (Wildman–Crippen LogP) is 1.28. The predicted molar refractivity (Wildman–Crippen MR) is 77.9 cm³/mol. The summed E-state index contributed by atoms with van der Waals surface area (Å²) in [6, 6.07) is 10.7. The third-order valence-electron chi connectivity index (χ3n) is 2.63. The van der Waals surface area contributed by atoms with Crippen molar-refractivity contribution in [3.05, 3.63) is 42.0 Å². The maximum absolute atomic E-state index is 11.9. The fourth-order valence-electron chi connectivity index (χ4n) is 1.65. The zero-order chi connectivity index (χ0) is 13.8. The van der Waals surface area contributed by atoms with Crippen LogP contribution in [-0.4, -0.2) is 23.2 Å². The van der Waals surface area contributed by atoms with Crippen molar-refractivity contribution < 1.29 is 9.90 Å². The Kier molecular flexibility index (Phi) is 3.82. The van der Waals surface area contributed by atoms with Gasteiger partial charge >= 0.3 is 0 Å². The lowest BCUT2D eigenvalue weighted by Gasteiger charge is -2.10. The Morgan fingerprint density at radius 1 is 1.16 bits per heavy atom. The fourth-order valence-corrected chi connectivity index (χ4v) is 1.70. The Morgan fingerprint density at radius 3 is 2.42 bits per heavy atom. The summed E-state index contributed by atoms with van der Waals surface area (Å²) in [6.45, 7) is 0. The van der Waals surface area contributed by atoms with Gasteiger partial charge in [0.1, 0.15) is 5.75 Å². The van der Waals surface area contributed by atoms with Crippen LogP contribution in [0.25, 0.3) is 10.8 Å². The maximum atomic E-state index is 11.9. The molecule has 19 heavy (non-hydrogen) atoms. The van der Waals surface area contributed by atoms with Gasteiger partial charge in [-0.05, 0) is 35.1 Å². The average Bonchev–Trinajstić information content (AvgIpc) is 2.43. The maximum Gasteiger partial charge on any atom is 0.273 e. The van der Waals surface area contributed by atoms with Crippen LogP contribution in [-0.2, 0) is 0 Å². The summed E-state index contributed by atoms with van der Waals surface area (Å²) in [7, 11) is 1.63. The van der Waals surface area contributed by atoms with Crippen molar-refractivity contribution in [1.82, 2.24) is 16.2 Å². The summed E-state index contributed by atoms with van der Waals surface area (Å²) in [6.07, 6.45) is 0. The number of carbonyl (C=O) groups excluding carboxylic acids is 1. The SMILES string of the molecule is CNC(=S)NNC(=O)c1cc2ccccc2cc1O. The minimum Gasteiger partial charge on any atom is -0.507 e. The number of phenols is 1. The van der Waals surface area contributed by atoms with E-state index in [1.807, 2.05) is 24.3 Å². The largest absolute Gasteiger partial charge is 0.507 e. The van der Waals surface area contributed by atoms with Gasteiger partial charge in [0.05, 0.1) is 5.56 Å². The summed E-state index contributed by atoms with van der Waals surface area (Å²) in [5, 5.41) is 14.6. The standard InChI is InChI=1S/C13H13N3O2S/c1-14-13(19)16-15-12(18)10-6-8-4-2-3-5-9(8)7-11(10)17/h2-7,17H,1H3,(H,15,18)(H2,14,16,19). The van der Waals surface area contributed by atoms with Crippen LogP contribution in [0.5, 0.6) is 5.75 Å². The average molecular weight is 275 g/mol. The van der Waals surface area contributed by atoms with Gasteiger partial charge in [-0.2, -0.15) is 0 Å². The van der Waals surface area contributed by atoms with Crippen molar-refractivity contribution in [3.8, 4) is 5.75 Å². The minimum atomic E-state index is -0.458. The number of hydrazine groups is 1. The molecule has 0 aliphatic heterocycles. The third kappa shape index (κ3) is 2.92. The smallest absolute Gasteiger partial charge is 0.273 e. The van der Waals surface area contributed by atoms with E-state index in [4.69, 9.17) is 12.2 Å². The second-order valence-corrected chi connectivity index (χ2v) is 4.28. The first-order valence-corrected chi connectivity index (χ1v) is 6.02. The fraction of sp³-hybridized carbons (Fsp3) is 0.0769. The summed E-state index contributed by atoms with van der Waals surface area (Å²) in [4.78, 5) is 11.9. The van der Waals surface area contributed by atoms with Gasteiger partial charge in [-0.15, -0.1) is 0 Å². The van der Waals surface area contributed by atoms with Crippen LogP contribution in [0.4, 0.5) is 0 Å². The zero-order valence-electron chi connectivity index (χ0n) is 10.2. The number of aromatic hydroxyl groups is 1. The topological polar surface area (TPSA) is 73.4 Å². The van der Waals surface area contributed by atoms with Crippen molar-refractivity contribution in [2.24, 2.45) is 0 Å². The van der Waals surface area contributed by atoms with E-state index in [0.717, 1.165) is 10.8 Å². The first-order chi connectivity index (χ1) is 9.11. The lowest BCUT2D eigenvalue weighted by Crippen LogP contribution is -2.45. The van der Waals surface area contributed by atoms with Crippen molar-refractivity contribution in [3.63, 3.8) is 0 Å². The molecule has 0 unspecified atom stereocenters. The zero-order valence-corrected chi connectivity index (χ0v) is 11.0. The molecule has 0 fully saturated rings. The van der Waals surface area contributed by atoms with Crippen LogP contribution >= 0.6 is 12.2 Å². The van der Waals surface area contributed by atoms with Crippen molar-refractivity contribution in [2.75, 3.05) is 7.05 Å². The highest BCUT2D eigenvalue weighted by molar-refractivity contribution is 7.80. The normalized spacial score (nSPS) is 9.95. The van der Waals surface area contributed by atoms with Crippen molar-refractivity contribution >= 4 is 34.0 Å². The Labute approximate surface area is 115 Å². The van der Waals surface area contributed by atoms with Crippen LogP contribution in [0.2, 0.25) is 0 Å². The number of hydrogen-bond acceptors (Lipinski definition) is 3. The van der Waals surface area contributed by atoms with Gasteiger partial charge in [0.2, 0.25) is 0 Å². The monoisotopic (exact) mass is 275 g/mol. The number of amides is 1. The van der Waals surface area contributed by atoms with E-state index in [2.05, 4.69) is 16.2 Å². The van der Waals surface area contributed by atoms with Gasteiger partial charge < -0.3 is 10.4 Å². The summed E-state index contributed by atoms with van der Waals surface area (Å²) in [5.41, 5.74) is 5.10. The number of fused-ring (bicyclic) bond motifs is 1. The Balaban J connectivity index is 2.26. The molecule has 98 valence electrons. The molecule has 0 bridgehead atoms. The summed E-state index contributed by atoms with van der Waals surface area (Å²) < 4.78 is 0. The third-order valence-corrected chi connectivity index (χ3v) is 2.93. The Bertz CT molecular complexity index is 643.